The maximum atomic E-state index is 6.13. The second-order valence-corrected chi connectivity index (χ2v) is 6.61. The van der Waals surface area contributed by atoms with Gasteiger partial charge in [-0.25, -0.2) is 4.99 Å². The van der Waals surface area contributed by atoms with Gasteiger partial charge in [-0.1, -0.05) is 18.2 Å². The van der Waals surface area contributed by atoms with Crippen molar-refractivity contribution in [2.24, 2.45) is 10.7 Å². The van der Waals surface area contributed by atoms with Crippen LogP contribution >= 0.6 is 0 Å². The van der Waals surface area contributed by atoms with Gasteiger partial charge in [-0.05, 0) is 46.1 Å². The molecule has 29 heavy (non-hydrogen) atoms. The minimum Gasteiger partial charge on any atom is -0.494 e. The highest BCUT2D eigenvalue weighted by molar-refractivity contribution is 5.94. The SMILES string of the molecule is CCOc1ccc(OCC)c(NC(N)=NCc2ccccc2OCCN(C)C)c1. The van der Waals surface area contributed by atoms with Crippen LogP contribution in [0.3, 0.4) is 0 Å². The molecule has 0 aliphatic rings. The fourth-order valence-electron chi connectivity index (χ4n) is 2.61. The minimum atomic E-state index is 0.294. The molecule has 2 aromatic rings. The summed E-state index contributed by atoms with van der Waals surface area (Å²) in [7, 11) is 4.03. The lowest BCUT2D eigenvalue weighted by Gasteiger charge is -2.15. The summed E-state index contributed by atoms with van der Waals surface area (Å²) in [5, 5.41) is 3.12. The molecule has 0 radical (unpaired) electrons. The average Bonchev–Trinajstić information content (AvgIpc) is 2.69. The van der Waals surface area contributed by atoms with Gasteiger partial charge in [-0.3, -0.25) is 0 Å². The molecule has 0 aromatic heterocycles. The van der Waals surface area contributed by atoms with Crippen LogP contribution in [0.4, 0.5) is 5.69 Å². The summed E-state index contributed by atoms with van der Waals surface area (Å²) >= 11 is 0. The Balaban J connectivity index is 2.08. The second-order valence-electron chi connectivity index (χ2n) is 6.61. The monoisotopic (exact) mass is 400 g/mol. The van der Waals surface area contributed by atoms with Crippen molar-refractivity contribution in [1.82, 2.24) is 4.90 Å². The number of nitrogens with two attached hydrogens (primary N) is 1. The van der Waals surface area contributed by atoms with E-state index in [1.165, 1.54) is 0 Å². The summed E-state index contributed by atoms with van der Waals surface area (Å²) in [6, 6.07) is 13.4. The molecule has 0 aliphatic heterocycles. The van der Waals surface area contributed by atoms with E-state index in [-0.39, 0.29) is 0 Å². The highest BCUT2D eigenvalue weighted by Gasteiger charge is 2.08. The first kappa shape index (κ1) is 22.4. The van der Waals surface area contributed by atoms with Gasteiger partial charge in [0.1, 0.15) is 23.9 Å². The molecule has 0 saturated heterocycles. The number of para-hydroxylation sites is 1. The van der Waals surface area contributed by atoms with Crippen molar-refractivity contribution in [1.29, 1.82) is 0 Å². The van der Waals surface area contributed by atoms with Crippen LogP contribution < -0.4 is 25.3 Å². The van der Waals surface area contributed by atoms with Crippen LogP contribution in [0.25, 0.3) is 0 Å². The first-order valence-corrected chi connectivity index (χ1v) is 9.85. The highest BCUT2D eigenvalue weighted by atomic mass is 16.5. The van der Waals surface area contributed by atoms with Crippen molar-refractivity contribution in [3.05, 3.63) is 48.0 Å². The molecular weight excluding hydrogens is 368 g/mol. The number of nitrogens with zero attached hydrogens (tertiary/aromatic N) is 2. The lowest BCUT2D eigenvalue weighted by atomic mass is 10.2. The number of anilines is 1. The maximum Gasteiger partial charge on any atom is 0.193 e. The number of hydrogen-bond acceptors (Lipinski definition) is 5. The van der Waals surface area contributed by atoms with E-state index in [2.05, 4.69) is 15.2 Å². The van der Waals surface area contributed by atoms with E-state index in [1.807, 2.05) is 70.4 Å². The zero-order valence-electron chi connectivity index (χ0n) is 17.8. The van der Waals surface area contributed by atoms with Gasteiger partial charge in [0.2, 0.25) is 0 Å². The Hall–Kier alpha value is -2.93. The van der Waals surface area contributed by atoms with E-state index in [0.717, 1.165) is 29.3 Å². The quantitative estimate of drug-likeness (QED) is 0.445. The summed E-state index contributed by atoms with van der Waals surface area (Å²) in [6.45, 7) is 6.88. The number of likely N-dealkylation sites (N-methyl/N-ethyl adjacent to an activating group) is 1. The number of aliphatic imine (C=N–C) groups is 1. The topological polar surface area (TPSA) is 81.3 Å². The predicted molar refractivity (Wildman–Crippen MR) is 118 cm³/mol. The van der Waals surface area contributed by atoms with E-state index < -0.39 is 0 Å². The molecule has 0 atom stereocenters. The van der Waals surface area contributed by atoms with Crippen LogP contribution in [0.15, 0.2) is 47.5 Å². The van der Waals surface area contributed by atoms with Gasteiger partial charge in [-0.15, -0.1) is 0 Å². The van der Waals surface area contributed by atoms with Crippen LogP contribution in [0.5, 0.6) is 17.2 Å². The maximum absolute atomic E-state index is 6.13. The average molecular weight is 401 g/mol. The molecule has 3 N–H and O–H groups in total. The molecule has 0 bridgehead atoms. The first-order valence-electron chi connectivity index (χ1n) is 9.85. The number of ether oxygens (including phenoxy) is 3. The third-order valence-electron chi connectivity index (χ3n) is 4.01. The molecule has 158 valence electrons. The normalized spacial score (nSPS) is 11.4. The van der Waals surface area contributed by atoms with Crippen LogP contribution in [-0.4, -0.2) is 51.3 Å². The second kappa shape index (κ2) is 11.8. The number of guanidine groups is 1. The minimum absolute atomic E-state index is 0.294. The Kier molecular flexibility index (Phi) is 9.11. The number of benzene rings is 2. The van der Waals surface area contributed by atoms with E-state index in [1.54, 1.807) is 0 Å². The number of nitrogens with one attached hydrogen (secondary N) is 1. The van der Waals surface area contributed by atoms with Gasteiger partial charge in [-0.2, -0.15) is 0 Å². The van der Waals surface area contributed by atoms with Crippen LogP contribution in [0, 0.1) is 0 Å². The smallest absolute Gasteiger partial charge is 0.193 e. The fraction of sp³-hybridized carbons (Fsp3) is 0.409. The molecule has 7 nitrogen and oxygen atoms in total. The molecule has 7 heteroatoms. The van der Waals surface area contributed by atoms with E-state index in [9.17, 15) is 0 Å². The van der Waals surface area contributed by atoms with Crippen LogP contribution in [0.2, 0.25) is 0 Å². The Morgan fingerprint density at radius 3 is 2.48 bits per heavy atom. The number of rotatable bonds is 11. The summed E-state index contributed by atoms with van der Waals surface area (Å²) in [4.78, 5) is 6.55. The molecule has 0 fully saturated rings. The van der Waals surface area contributed by atoms with Crippen molar-refractivity contribution in [2.75, 3.05) is 45.8 Å². The number of hydrogen-bond donors (Lipinski definition) is 2. The third-order valence-corrected chi connectivity index (χ3v) is 4.01. The van der Waals surface area contributed by atoms with Crippen LogP contribution in [0.1, 0.15) is 19.4 Å². The summed E-state index contributed by atoms with van der Waals surface area (Å²) < 4.78 is 17.1. The van der Waals surface area contributed by atoms with Crippen molar-refractivity contribution in [3.8, 4) is 17.2 Å². The van der Waals surface area contributed by atoms with Gasteiger partial charge in [0.25, 0.3) is 0 Å². The summed E-state index contributed by atoms with van der Waals surface area (Å²) in [5.41, 5.74) is 7.82. The highest BCUT2D eigenvalue weighted by Crippen LogP contribution is 2.29. The molecule has 2 aromatic carbocycles. The van der Waals surface area contributed by atoms with E-state index in [0.29, 0.717) is 38.1 Å². The molecule has 0 amide bonds. The molecule has 2 rings (SSSR count). The Labute approximate surface area is 173 Å². The summed E-state index contributed by atoms with van der Waals surface area (Å²) in [6.07, 6.45) is 0. The predicted octanol–water partition coefficient (Wildman–Crippen LogP) is 3.35. The largest absolute Gasteiger partial charge is 0.494 e. The van der Waals surface area contributed by atoms with Gasteiger partial charge < -0.3 is 30.2 Å². The van der Waals surface area contributed by atoms with Gasteiger partial charge in [0, 0.05) is 18.2 Å². The lowest BCUT2D eigenvalue weighted by molar-refractivity contribution is 0.259. The van der Waals surface area contributed by atoms with Crippen molar-refractivity contribution in [3.63, 3.8) is 0 Å². The van der Waals surface area contributed by atoms with Gasteiger partial charge >= 0.3 is 0 Å². The zero-order valence-corrected chi connectivity index (χ0v) is 17.8. The fourth-order valence-corrected chi connectivity index (χ4v) is 2.61. The van der Waals surface area contributed by atoms with Crippen molar-refractivity contribution in [2.45, 2.75) is 20.4 Å². The van der Waals surface area contributed by atoms with E-state index >= 15 is 0 Å². The lowest BCUT2D eigenvalue weighted by Crippen LogP contribution is -2.23. The molecular formula is C22H32N4O3. The van der Waals surface area contributed by atoms with E-state index in [4.69, 9.17) is 19.9 Å². The standard InChI is InChI=1S/C22H32N4O3/c1-5-27-18-11-12-21(28-6-2)19(15-18)25-22(23)24-16-17-9-7-8-10-20(17)29-14-13-26(3)4/h7-12,15H,5-6,13-14,16H2,1-4H3,(H3,23,24,25). The third kappa shape index (κ3) is 7.54. The molecule has 0 heterocycles. The first-order chi connectivity index (χ1) is 14.0. The van der Waals surface area contributed by atoms with Crippen molar-refractivity contribution < 1.29 is 14.2 Å². The Morgan fingerprint density at radius 2 is 1.76 bits per heavy atom. The summed E-state index contributed by atoms with van der Waals surface area (Å²) in [5.74, 6) is 2.55. The molecule has 0 unspecified atom stereocenters. The Morgan fingerprint density at radius 1 is 1.00 bits per heavy atom. The zero-order chi connectivity index (χ0) is 21.1. The van der Waals surface area contributed by atoms with Crippen LogP contribution in [-0.2, 0) is 6.54 Å². The van der Waals surface area contributed by atoms with Gasteiger partial charge in [0.15, 0.2) is 5.96 Å². The molecule has 0 saturated carbocycles. The molecule has 0 spiro atoms. The van der Waals surface area contributed by atoms with Gasteiger partial charge in [0.05, 0.1) is 25.4 Å². The Bertz CT molecular complexity index is 793. The molecule has 0 aliphatic carbocycles. The van der Waals surface area contributed by atoms with Crippen molar-refractivity contribution >= 4 is 11.6 Å².